The van der Waals surface area contributed by atoms with Gasteiger partial charge in [-0.25, -0.2) is 9.18 Å². The van der Waals surface area contributed by atoms with Crippen LogP contribution < -0.4 is 0 Å². The molecule has 2 aromatic carbocycles. The Balaban J connectivity index is 1.99. The number of hydrogen-bond acceptors (Lipinski definition) is 2. The fraction of sp³-hybridized carbons (Fsp3) is 0.133. The maximum Gasteiger partial charge on any atom is 0.335 e. The van der Waals surface area contributed by atoms with Crippen molar-refractivity contribution in [2.24, 2.45) is 0 Å². The molecule has 2 rings (SSSR count). The number of carboxylic acid groups (broad SMARTS) is 1. The van der Waals surface area contributed by atoms with Crippen molar-refractivity contribution in [3.05, 3.63) is 71.0 Å². The monoisotopic (exact) mass is 292 g/mol. The summed E-state index contributed by atoms with van der Waals surface area (Å²) in [5.74, 6) is -0.739. The van der Waals surface area contributed by atoms with Crippen LogP contribution in [0.5, 0.6) is 0 Å². The third-order valence-corrected chi connectivity index (χ3v) is 4.06. The molecule has 0 heterocycles. The molecule has 0 amide bonds. The summed E-state index contributed by atoms with van der Waals surface area (Å²) in [4.78, 5) is 10.7. The highest BCUT2D eigenvalue weighted by Gasteiger charge is 2.06. The van der Waals surface area contributed by atoms with E-state index in [0.717, 1.165) is 5.56 Å². The minimum Gasteiger partial charge on any atom is -0.478 e. The van der Waals surface area contributed by atoms with E-state index < -0.39 is 16.8 Å². The summed E-state index contributed by atoms with van der Waals surface area (Å²) in [5.41, 5.74) is 1.68. The van der Waals surface area contributed by atoms with Gasteiger partial charge >= 0.3 is 5.97 Å². The summed E-state index contributed by atoms with van der Waals surface area (Å²) >= 11 is 0. The predicted octanol–water partition coefficient (Wildman–Crippen LogP) is 2.97. The van der Waals surface area contributed by atoms with Gasteiger partial charge in [-0.2, -0.15) is 0 Å². The van der Waals surface area contributed by atoms with E-state index in [1.54, 1.807) is 24.3 Å². The molecule has 5 heteroatoms. The van der Waals surface area contributed by atoms with Gasteiger partial charge < -0.3 is 5.11 Å². The number of aromatic carboxylic acids is 1. The molecule has 104 valence electrons. The third kappa shape index (κ3) is 3.99. The largest absolute Gasteiger partial charge is 0.478 e. The molecule has 0 fully saturated rings. The van der Waals surface area contributed by atoms with Crippen LogP contribution in [0.3, 0.4) is 0 Å². The maximum absolute atomic E-state index is 13.0. The second-order valence-corrected chi connectivity index (χ2v) is 5.82. The fourth-order valence-electron chi connectivity index (χ4n) is 1.79. The van der Waals surface area contributed by atoms with E-state index in [4.69, 9.17) is 5.11 Å². The molecule has 1 N–H and O–H groups in total. The summed E-state index contributed by atoms with van der Waals surface area (Å²) in [6.45, 7) is 0. The Kier molecular flexibility index (Phi) is 4.63. The topological polar surface area (TPSA) is 54.4 Å². The molecule has 0 aliphatic carbocycles. The van der Waals surface area contributed by atoms with Gasteiger partial charge in [0.1, 0.15) is 5.82 Å². The van der Waals surface area contributed by atoms with Gasteiger partial charge in [-0.3, -0.25) is 4.21 Å². The zero-order valence-corrected chi connectivity index (χ0v) is 11.4. The SMILES string of the molecule is O=C(O)c1ccc(CS(=O)Cc2cccc(F)c2)cc1. The van der Waals surface area contributed by atoms with Crippen molar-refractivity contribution < 1.29 is 18.5 Å². The zero-order chi connectivity index (χ0) is 14.5. The first-order chi connectivity index (χ1) is 9.54. The Morgan fingerprint density at radius 3 is 2.30 bits per heavy atom. The van der Waals surface area contributed by atoms with Crippen LogP contribution in [-0.2, 0) is 22.3 Å². The summed E-state index contributed by atoms with van der Waals surface area (Å²) in [6.07, 6.45) is 0. The molecule has 1 unspecified atom stereocenters. The quantitative estimate of drug-likeness (QED) is 0.921. The van der Waals surface area contributed by atoms with Crippen LogP contribution >= 0.6 is 0 Å². The molecule has 0 aliphatic heterocycles. The number of hydrogen-bond donors (Lipinski definition) is 1. The van der Waals surface area contributed by atoms with Crippen molar-refractivity contribution in [2.45, 2.75) is 11.5 Å². The average molecular weight is 292 g/mol. The first-order valence-electron chi connectivity index (χ1n) is 5.96. The van der Waals surface area contributed by atoms with Gasteiger partial charge in [0.2, 0.25) is 0 Å². The normalized spacial score (nSPS) is 12.1. The third-order valence-electron chi connectivity index (χ3n) is 2.75. The van der Waals surface area contributed by atoms with E-state index in [1.807, 2.05) is 0 Å². The van der Waals surface area contributed by atoms with E-state index in [2.05, 4.69) is 0 Å². The second kappa shape index (κ2) is 6.43. The molecular weight excluding hydrogens is 279 g/mol. The summed E-state index contributed by atoms with van der Waals surface area (Å²) < 4.78 is 25.0. The fourth-order valence-corrected chi connectivity index (χ4v) is 3.01. The molecule has 0 saturated heterocycles. The zero-order valence-electron chi connectivity index (χ0n) is 10.6. The van der Waals surface area contributed by atoms with Crippen LogP contribution in [0.1, 0.15) is 21.5 Å². The number of halogens is 1. The maximum atomic E-state index is 13.0. The van der Waals surface area contributed by atoms with Gasteiger partial charge in [0.25, 0.3) is 0 Å². The second-order valence-electron chi connectivity index (χ2n) is 4.36. The summed E-state index contributed by atoms with van der Waals surface area (Å²) in [6, 6.07) is 12.3. The standard InChI is InChI=1S/C15H13FO3S/c16-14-3-1-2-12(8-14)10-20(19)9-11-4-6-13(7-5-11)15(17)18/h1-8H,9-10H2,(H,17,18). The molecule has 3 nitrogen and oxygen atoms in total. The minimum atomic E-state index is -1.16. The molecule has 0 bridgehead atoms. The summed E-state index contributed by atoms with van der Waals surface area (Å²) in [5, 5.41) is 8.78. The molecule has 0 aliphatic rings. The van der Waals surface area contributed by atoms with Gasteiger partial charge in [-0.1, -0.05) is 24.3 Å². The van der Waals surface area contributed by atoms with Gasteiger partial charge in [0.05, 0.1) is 5.56 Å². The van der Waals surface area contributed by atoms with Crippen LogP contribution in [0, 0.1) is 5.82 Å². The van der Waals surface area contributed by atoms with Gasteiger partial charge in [-0.15, -0.1) is 0 Å². The molecule has 1 atom stereocenters. The lowest BCUT2D eigenvalue weighted by molar-refractivity contribution is 0.0697. The lowest BCUT2D eigenvalue weighted by Crippen LogP contribution is -2.01. The molecule has 2 aromatic rings. The highest BCUT2D eigenvalue weighted by atomic mass is 32.2. The molecule has 0 spiro atoms. The molecule has 0 aromatic heterocycles. The predicted molar refractivity (Wildman–Crippen MR) is 75.4 cm³/mol. The van der Waals surface area contributed by atoms with Gasteiger partial charge in [0, 0.05) is 22.3 Å². The van der Waals surface area contributed by atoms with Crippen molar-refractivity contribution in [1.82, 2.24) is 0 Å². The van der Waals surface area contributed by atoms with Gasteiger partial charge in [-0.05, 0) is 35.4 Å². The lowest BCUT2D eigenvalue weighted by Gasteiger charge is -2.04. The van der Waals surface area contributed by atoms with Crippen LogP contribution in [0.15, 0.2) is 48.5 Å². The molecule has 0 saturated carbocycles. The Bertz CT molecular complexity index is 638. The van der Waals surface area contributed by atoms with Crippen molar-refractivity contribution in [1.29, 1.82) is 0 Å². The average Bonchev–Trinajstić information content (AvgIpc) is 2.39. The Labute approximate surface area is 118 Å². The van der Waals surface area contributed by atoms with Gasteiger partial charge in [0.15, 0.2) is 0 Å². The highest BCUT2D eigenvalue weighted by Crippen LogP contribution is 2.11. The van der Waals surface area contributed by atoms with E-state index in [1.165, 1.54) is 24.3 Å². The van der Waals surface area contributed by atoms with Crippen LogP contribution in [0.2, 0.25) is 0 Å². The van der Waals surface area contributed by atoms with Crippen molar-refractivity contribution in [3.8, 4) is 0 Å². The van der Waals surface area contributed by atoms with Crippen molar-refractivity contribution in [2.75, 3.05) is 0 Å². The number of benzene rings is 2. The number of carboxylic acids is 1. The molecule has 20 heavy (non-hydrogen) atoms. The van der Waals surface area contributed by atoms with E-state index in [-0.39, 0.29) is 17.1 Å². The number of carbonyl (C=O) groups is 1. The smallest absolute Gasteiger partial charge is 0.335 e. The molecular formula is C15H13FO3S. The first-order valence-corrected chi connectivity index (χ1v) is 7.45. The lowest BCUT2D eigenvalue weighted by atomic mass is 10.1. The number of rotatable bonds is 5. The van der Waals surface area contributed by atoms with Crippen LogP contribution in [0.4, 0.5) is 4.39 Å². The van der Waals surface area contributed by atoms with E-state index in [9.17, 15) is 13.4 Å². The van der Waals surface area contributed by atoms with E-state index >= 15 is 0 Å². The first kappa shape index (κ1) is 14.4. The Hall–Kier alpha value is -2.01. The minimum absolute atomic E-state index is 0.199. The van der Waals surface area contributed by atoms with Crippen LogP contribution in [-0.4, -0.2) is 15.3 Å². The highest BCUT2D eigenvalue weighted by molar-refractivity contribution is 7.83. The Morgan fingerprint density at radius 2 is 1.70 bits per heavy atom. The van der Waals surface area contributed by atoms with E-state index in [0.29, 0.717) is 11.3 Å². The summed E-state index contributed by atoms with van der Waals surface area (Å²) in [7, 11) is -1.16. The van der Waals surface area contributed by atoms with Crippen LogP contribution in [0.25, 0.3) is 0 Å². The molecule has 0 radical (unpaired) electrons. The Morgan fingerprint density at radius 1 is 1.05 bits per heavy atom. The van der Waals surface area contributed by atoms with Crippen molar-refractivity contribution in [3.63, 3.8) is 0 Å². The van der Waals surface area contributed by atoms with Crippen molar-refractivity contribution >= 4 is 16.8 Å².